The lowest BCUT2D eigenvalue weighted by Gasteiger charge is -2.08. The van der Waals surface area contributed by atoms with Crippen molar-refractivity contribution in [3.8, 4) is 0 Å². The predicted molar refractivity (Wildman–Crippen MR) is 80.7 cm³/mol. The van der Waals surface area contributed by atoms with E-state index in [2.05, 4.69) is 26.6 Å². The Kier molecular flexibility index (Phi) is 4.87. The molecular weight excluding hydrogens is 364 g/mol. The van der Waals surface area contributed by atoms with Crippen molar-refractivity contribution in [2.45, 2.75) is 6.54 Å². The first-order chi connectivity index (χ1) is 9.95. The number of carboxylic acid groups (broad SMARTS) is 1. The zero-order chi connectivity index (χ0) is 15.4. The summed E-state index contributed by atoms with van der Waals surface area (Å²) in [4.78, 5) is 22.4. The maximum Gasteiger partial charge on any atom is 0.371 e. The van der Waals surface area contributed by atoms with Crippen molar-refractivity contribution in [3.63, 3.8) is 0 Å². The zero-order valence-corrected chi connectivity index (χ0v) is 12.9. The maximum atomic E-state index is 11.7. The number of rotatable bonds is 4. The molecule has 1 heterocycles. The third kappa shape index (κ3) is 4.24. The molecule has 0 aliphatic carbocycles. The standard InChI is InChI=1S/C13H10BrClN2O4/c14-7-1-3-9(15)10(5-7)17-13(20)16-6-8-2-4-11(21-8)12(18)19/h1-5H,6H2,(H,18,19)(H2,16,17,20). The van der Waals surface area contributed by atoms with Gasteiger partial charge in [-0.25, -0.2) is 9.59 Å². The maximum absolute atomic E-state index is 11.7. The average molecular weight is 374 g/mol. The van der Waals surface area contributed by atoms with Crippen molar-refractivity contribution in [2.75, 3.05) is 5.32 Å². The lowest BCUT2D eigenvalue weighted by Crippen LogP contribution is -2.28. The lowest BCUT2D eigenvalue weighted by atomic mass is 10.3. The topological polar surface area (TPSA) is 91.6 Å². The van der Waals surface area contributed by atoms with Crippen molar-refractivity contribution in [1.82, 2.24) is 5.32 Å². The minimum Gasteiger partial charge on any atom is -0.475 e. The number of benzene rings is 1. The van der Waals surface area contributed by atoms with E-state index in [1.807, 2.05) is 0 Å². The summed E-state index contributed by atoms with van der Waals surface area (Å²) >= 11 is 9.23. The summed E-state index contributed by atoms with van der Waals surface area (Å²) in [5.74, 6) is -1.00. The number of hydrogen-bond acceptors (Lipinski definition) is 3. The number of carbonyl (C=O) groups is 2. The number of nitrogens with one attached hydrogen (secondary N) is 2. The first-order valence-electron chi connectivity index (χ1n) is 5.77. The number of urea groups is 1. The largest absolute Gasteiger partial charge is 0.475 e. The van der Waals surface area contributed by atoms with Crippen LogP contribution in [-0.4, -0.2) is 17.1 Å². The summed E-state index contributed by atoms with van der Waals surface area (Å²) in [6, 6.07) is 7.38. The van der Waals surface area contributed by atoms with Crippen LogP contribution in [0.1, 0.15) is 16.3 Å². The molecule has 0 saturated carbocycles. The Morgan fingerprint density at radius 1 is 1.29 bits per heavy atom. The molecule has 1 aromatic heterocycles. The lowest BCUT2D eigenvalue weighted by molar-refractivity contribution is 0.0660. The van der Waals surface area contributed by atoms with E-state index >= 15 is 0 Å². The number of aromatic carboxylic acids is 1. The molecule has 21 heavy (non-hydrogen) atoms. The van der Waals surface area contributed by atoms with Crippen LogP contribution >= 0.6 is 27.5 Å². The normalized spacial score (nSPS) is 10.2. The summed E-state index contributed by atoms with van der Waals surface area (Å²) < 4.78 is 5.79. The SMILES string of the molecule is O=C(NCc1ccc(C(=O)O)o1)Nc1cc(Br)ccc1Cl. The Labute approximate surface area is 133 Å². The molecule has 0 unspecified atom stereocenters. The van der Waals surface area contributed by atoms with Gasteiger partial charge in [0.2, 0.25) is 5.76 Å². The minimum absolute atomic E-state index is 0.0603. The summed E-state index contributed by atoms with van der Waals surface area (Å²) in [5.41, 5.74) is 0.453. The Morgan fingerprint density at radius 2 is 2.05 bits per heavy atom. The quantitative estimate of drug-likeness (QED) is 0.762. The third-order valence-corrected chi connectivity index (χ3v) is 3.30. The molecule has 0 saturated heterocycles. The Morgan fingerprint density at radius 3 is 2.71 bits per heavy atom. The number of amides is 2. The van der Waals surface area contributed by atoms with Crippen LogP contribution in [0.5, 0.6) is 0 Å². The fourth-order valence-electron chi connectivity index (χ4n) is 1.52. The number of carboxylic acids is 1. The van der Waals surface area contributed by atoms with Gasteiger partial charge < -0.3 is 20.2 Å². The van der Waals surface area contributed by atoms with Gasteiger partial charge in [-0.1, -0.05) is 27.5 Å². The molecule has 0 radical (unpaired) electrons. The van der Waals surface area contributed by atoms with E-state index in [0.717, 1.165) is 4.47 Å². The van der Waals surface area contributed by atoms with Gasteiger partial charge >= 0.3 is 12.0 Å². The molecular formula is C13H10BrClN2O4. The van der Waals surface area contributed by atoms with Crippen molar-refractivity contribution >= 4 is 45.2 Å². The Balaban J connectivity index is 1.92. The highest BCUT2D eigenvalue weighted by Gasteiger charge is 2.10. The van der Waals surface area contributed by atoms with Gasteiger partial charge in [-0.05, 0) is 30.3 Å². The van der Waals surface area contributed by atoms with Gasteiger partial charge in [-0.3, -0.25) is 0 Å². The van der Waals surface area contributed by atoms with Crippen LogP contribution in [-0.2, 0) is 6.54 Å². The zero-order valence-electron chi connectivity index (χ0n) is 10.5. The smallest absolute Gasteiger partial charge is 0.371 e. The molecule has 8 heteroatoms. The van der Waals surface area contributed by atoms with Gasteiger partial charge in [0, 0.05) is 4.47 Å². The molecule has 0 aliphatic heterocycles. The van der Waals surface area contributed by atoms with E-state index in [-0.39, 0.29) is 12.3 Å². The first-order valence-corrected chi connectivity index (χ1v) is 6.94. The van der Waals surface area contributed by atoms with Crippen molar-refractivity contribution < 1.29 is 19.1 Å². The van der Waals surface area contributed by atoms with Crippen LogP contribution in [0, 0.1) is 0 Å². The van der Waals surface area contributed by atoms with Crippen LogP contribution in [0.4, 0.5) is 10.5 Å². The highest BCUT2D eigenvalue weighted by Crippen LogP contribution is 2.25. The molecule has 0 fully saturated rings. The monoisotopic (exact) mass is 372 g/mol. The van der Waals surface area contributed by atoms with E-state index in [1.165, 1.54) is 12.1 Å². The number of carbonyl (C=O) groups excluding carboxylic acids is 1. The number of anilines is 1. The fourth-order valence-corrected chi connectivity index (χ4v) is 2.04. The molecule has 0 bridgehead atoms. The molecule has 2 rings (SSSR count). The summed E-state index contributed by atoms with van der Waals surface area (Å²) in [6.45, 7) is 0.0603. The van der Waals surface area contributed by atoms with E-state index < -0.39 is 12.0 Å². The van der Waals surface area contributed by atoms with E-state index in [4.69, 9.17) is 21.1 Å². The van der Waals surface area contributed by atoms with Gasteiger partial charge in [0.15, 0.2) is 0 Å². The van der Waals surface area contributed by atoms with E-state index in [1.54, 1.807) is 18.2 Å². The highest BCUT2D eigenvalue weighted by molar-refractivity contribution is 9.10. The summed E-state index contributed by atoms with van der Waals surface area (Å²) in [5, 5.41) is 14.2. The molecule has 0 aliphatic rings. The van der Waals surface area contributed by atoms with E-state index in [0.29, 0.717) is 16.5 Å². The van der Waals surface area contributed by atoms with Crippen LogP contribution < -0.4 is 10.6 Å². The van der Waals surface area contributed by atoms with Crippen LogP contribution in [0.3, 0.4) is 0 Å². The van der Waals surface area contributed by atoms with Crippen LogP contribution in [0.25, 0.3) is 0 Å². The molecule has 6 nitrogen and oxygen atoms in total. The Hall–Kier alpha value is -1.99. The van der Waals surface area contributed by atoms with Crippen molar-refractivity contribution in [2.24, 2.45) is 0 Å². The molecule has 0 spiro atoms. The molecule has 0 atom stereocenters. The van der Waals surface area contributed by atoms with Crippen LogP contribution in [0.15, 0.2) is 39.2 Å². The Bertz CT molecular complexity index is 687. The van der Waals surface area contributed by atoms with Gasteiger partial charge in [-0.2, -0.15) is 0 Å². The van der Waals surface area contributed by atoms with Gasteiger partial charge in [0.25, 0.3) is 0 Å². The van der Waals surface area contributed by atoms with E-state index in [9.17, 15) is 9.59 Å². The molecule has 1 aromatic carbocycles. The second-order valence-electron chi connectivity index (χ2n) is 4.00. The summed E-state index contributed by atoms with van der Waals surface area (Å²) in [7, 11) is 0. The van der Waals surface area contributed by atoms with Crippen molar-refractivity contribution in [1.29, 1.82) is 0 Å². The molecule has 3 N–H and O–H groups in total. The second kappa shape index (κ2) is 6.64. The van der Waals surface area contributed by atoms with Gasteiger partial charge in [0.1, 0.15) is 5.76 Å². The fraction of sp³-hybridized carbons (Fsp3) is 0.0769. The molecule has 2 amide bonds. The predicted octanol–water partition coefficient (Wildman–Crippen LogP) is 3.72. The number of hydrogen-bond donors (Lipinski definition) is 3. The number of halogens is 2. The van der Waals surface area contributed by atoms with Crippen molar-refractivity contribution in [3.05, 3.63) is 51.3 Å². The molecule has 110 valence electrons. The second-order valence-corrected chi connectivity index (χ2v) is 5.33. The summed E-state index contributed by atoms with van der Waals surface area (Å²) in [6.07, 6.45) is 0. The minimum atomic E-state index is -1.16. The molecule has 2 aromatic rings. The van der Waals surface area contributed by atoms with Gasteiger partial charge in [-0.15, -0.1) is 0 Å². The van der Waals surface area contributed by atoms with Crippen LogP contribution in [0.2, 0.25) is 5.02 Å². The van der Waals surface area contributed by atoms with Gasteiger partial charge in [0.05, 0.1) is 17.3 Å². The highest BCUT2D eigenvalue weighted by atomic mass is 79.9. The average Bonchev–Trinajstić information content (AvgIpc) is 2.90. The first kappa shape index (κ1) is 15.4. The number of furan rings is 1. The third-order valence-electron chi connectivity index (χ3n) is 2.47.